The molecule has 4 N–H and O–H groups in total. The van der Waals surface area contributed by atoms with Crippen molar-refractivity contribution in [1.82, 2.24) is 0 Å². The van der Waals surface area contributed by atoms with Gasteiger partial charge in [-0.1, -0.05) is 12.1 Å². The minimum absolute atomic E-state index is 0.00300. The Kier molecular flexibility index (Phi) is 3.10. The Balaban J connectivity index is 1.67. The Labute approximate surface area is 135 Å². The van der Waals surface area contributed by atoms with Gasteiger partial charge in [-0.05, 0) is 36.4 Å². The van der Waals surface area contributed by atoms with Crippen LogP contribution in [-0.4, -0.2) is 11.7 Å². The van der Waals surface area contributed by atoms with Crippen LogP contribution in [0.3, 0.4) is 0 Å². The van der Waals surface area contributed by atoms with Crippen LogP contribution in [0.5, 0.6) is 0 Å². The summed E-state index contributed by atoms with van der Waals surface area (Å²) in [6, 6.07) is 12.3. The van der Waals surface area contributed by atoms with Crippen molar-refractivity contribution in [2.75, 3.05) is 21.9 Å². The summed E-state index contributed by atoms with van der Waals surface area (Å²) in [6.45, 7) is 0.427. The van der Waals surface area contributed by atoms with Gasteiger partial charge in [0, 0.05) is 0 Å². The lowest BCUT2D eigenvalue weighted by atomic mass is 10.2. The van der Waals surface area contributed by atoms with E-state index >= 15 is 0 Å². The van der Waals surface area contributed by atoms with Crippen LogP contribution >= 0.6 is 0 Å². The standard InChI is InChI=1S/C16H13F3N4O/c17-16(18,19)10-5-7-11(8-6-10)22-15(24)14-9-20-12-3-1-2-4-13(12)23(14)21-22/h1-8,20-21,24H,9H2/p+1. The molecule has 0 unspecified atom stereocenters. The largest absolute Gasteiger partial charge is 0.490 e. The molecule has 8 heteroatoms. The highest BCUT2D eigenvalue weighted by Crippen LogP contribution is 2.35. The number of anilines is 3. The first-order valence-corrected chi connectivity index (χ1v) is 7.31. The number of aliphatic hydroxyl groups is 1. The number of hydrogen-bond acceptors (Lipinski definition) is 4. The number of nitrogens with two attached hydrogens (primary N) is 1. The van der Waals surface area contributed by atoms with Crippen molar-refractivity contribution < 1.29 is 23.8 Å². The van der Waals surface area contributed by atoms with E-state index in [0.29, 0.717) is 17.9 Å². The average Bonchev–Trinajstić information content (AvgIpc) is 2.92. The number of fused-ring (bicyclic) bond motifs is 3. The summed E-state index contributed by atoms with van der Waals surface area (Å²) in [6.07, 6.45) is -4.38. The molecule has 4 rings (SSSR count). The van der Waals surface area contributed by atoms with Crippen LogP contribution in [0.15, 0.2) is 60.1 Å². The lowest BCUT2D eigenvalue weighted by molar-refractivity contribution is -0.661. The third kappa shape index (κ3) is 2.23. The fourth-order valence-electron chi connectivity index (χ4n) is 2.87. The number of hydrogen-bond donors (Lipinski definition) is 3. The summed E-state index contributed by atoms with van der Waals surface area (Å²) >= 11 is 0. The number of halogens is 3. The zero-order chi connectivity index (χ0) is 16.9. The maximum Gasteiger partial charge on any atom is 0.416 e. The molecule has 0 aliphatic carbocycles. The monoisotopic (exact) mass is 335 g/mol. The maximum atomic E-state index is 12.7. The Hall–Kier alpha value is -2.87. The highest BCUT2D eigenvalue weighted by Gasteiger charge is 2.39. The second-order valence-corrected chi connectivity index (χ2v) is 5.54. The first kappa shape index (κ1) is 14.7. The fraction of sp³-hybridized carbons (Fsp3) is 0.125. The molecule has 124 valence electrons. The van der Waals surface area contributed by atoms with E-state index < -0.39 is 11.7 Å². The second-order valence-electron chi connectivity index (χ2n) is 5.54. The van der Waals surface area contributed by atoms with E-state index in [0.717, 1.165) is 23.5 Å². The van der Waals surface area contributed by atoms with Gasteiger partial charge in [-0.2, -0.15) is 18.2 Å². The van der Waals surface area contributed by atoms with Crippen molar-refractivity contribution in [3.8, 4) is 0 Å². The van der Waals surface area contributed by atoms with E-state index in [1.54, 1.807) is 5.53 Å². The molecule has 24 heavy (non-hydrogen) atoms. The third-order valence-electron chi connectivity index (χ3n) is 4.09. The van der Waals surface area contributed by atoms with E-state index in [9.17, 15) is 18.3 Å². The van der Waals surface area contributed by atoms with Gasteiger partial charge in [0.05, 0.1) is 17.8 Å². The van der Waals surface area contributed by atoms with Crippen molar-refractivity contribution in [3.05, 3.63) is 65.7 Å². The Morgan fingerprint density at radius 3 is 2.42 bits per heavy atom. The molecule has 2 aromatic carbocycles. The lowest BCUT2D eigenvalue weighted by Crippen LogP contribution is -2.99. The molecule has 0 spiro atoms. The highest BCUT2D eigenvalue weighted by molar-refractivity contribution is 5.75. The van der Waals surface area contributed by atoms with Gasteiger partial charge in [-0.3, -0.25) is 0 Å². The summed E-state index contributed by atoms with van der Waals surface area (Å²) in [5.74, 6) is -0.00300. The third-order valence-corrected chi connectivity index (χ3v) is 4.09. The number of alkyl halides is 3. The quantitative estimate of drug-likeness (QED) is 0.701. The lowest BCUT2D eigenvalue weighted by Gasteiger charge is -2.26. The minimum atomic E-state index is -4.38. The summed E-state index contributed by atoms with van der Waals surface area (Å²) in [7, 11) is 0. The van der Waals surface area contributed by atoms with Gasteiger partial charge in [0.2, 0.25) is 0 Å². The van der Waals surface area contributed by atoms with Gasteiger partial charge in [0.25, 0.3) is 5.88 Å². The van der Waals surface area contributed by atoms with Crippen LogP contribution in [-0.2, 0) is 6.18 Å². The molecule has 2 aliphatic rings. The number of nitrogens with one attached hydrogen (secondary N) is 1. The maximum absolute atomic E-state index is 12.7. The van der Waals surface area contributed by atoms with E-state index in [1.807, 2.05) is 29.3 Å². The highest BCUT2D eigenvalue weighted by atomic mass is 19.4. The first-order chi connectivity index (χ1) is 11.4. The first-order valence-electron chi connectivity index (χ1n) is 7.31. The van der Waals surface area contributed by atoms with Gasteiger partial charge in [0.15, 0.2) is 5.70 Å². The number of benzene rings is 2. The van der Waals surface area contributed by atoms with Gasteiger partial charge in [-0.25, -0.2) is 0 Å². The SMILES string of the molecule is OC1=C2CNc3ccccc3N2[NH2+]N1c1ccc(C(F)(F)F)cc1. The zero-order valence-electron chi connectivity index (χ0n) is 12.4. The number of nitrogens with zero attached hydrogens (tertiary/aromatic N) is 2. The van der Waals surface area contributed by atoms with E-state index in [1.165, 1.54) is 17.1 Å². The summed E-state index contributed by atoms with van der Waals surface area (Å²) in [5, 5.41) is 17.0. The fourth-order valence-corrected chi connectivity index (χ4v) is 2.87. The van der Waals surface area contributed by atoms with Crippen LogP contribution in [0.2, 0.25) is 0 Å². The number of aliphatic hydroxyl groups excluding tert-OH is 1. The molecular formula is C16H14F3N4O+. The van der Waals surface area contributed by atoms with Gasteiger partial charge in [0.1, 0.15) is 11.4 Å². The van der Waals surface area contributed by atoms with Crippen molar-refractivity contribution in [2.24, 2.45) is 0 Å². The summed E-state index contributed by atoms with van der Waals surface area (Å²) in [5.41, 5.74) is 3.86. The molecule has 0 atom stereocenters. The van der Waals surface area contributed by atoms with Crippen molar-refractivity contribution >= 4 is 17.1 Å². The van der Waals surface area contributed by atoms with E-state index in [4.69, 9.17) is 0 Å². The number of rotatable bonds is 1. The van der Waals surface area contributed by atoms with Crippen molar-refractivity contribution in [1.29, 1.82) is 0 Å². The number of quaternary nitrogens is 1. The predicted octanol–water partition coefficient (Wildman–Crippen LogP) is 2.58. The van der Waals surface area contributed by atoms with E-state index in [-0.39, 0.29) is 5.88 Å². The van der Waals surface area contributed by atoms with Crippen molar-refractivity contribution in [2.45, 2.75) is 6.18 Å². The summed E-state index contributed by atoms with van der Waals surface area (Å²) < 4.78 is 38.1. The Morgan fingerprint density at radius 1 is 1.00 bits per heavy atom. The minimum Gasteiger partial charge on any atom is -0.490 e. The van der Waals surface area contributed by atoms with E-state index in [2.05, 4.69) is 5.32 Å². The zero-order valence-corrected chi connectivity index (χ0v) is 12.4. The Morgan fingerprint density at radius 2 is 1.71 bits per heavy atom. The normalized spacial score (nSPS) is 16.8. The molecule has 2 aliphatic heterocycles. The molecule has 2 heterocycles. The molecular weight excluding hydrogens is 321 g/mol. The molecule has 5 nitrogen and oxygen atoms in total. The molecule has 2 aromatic rings. The summed E-state index contributed by atoms with van der Waals surface area (Å²) in [4.78, 5) is 0. The van der Waals surface area contributed by atoms with Gasteiger partial charge in [-0.15, -0.1) is 10.5 Å². The molecule has 0 aromatic heterocycles. The molecule has 0 fully saturated rings. The van der Waals surface area contributed by atoms with Crippen LogP contribution < -0.4 is 20.9 Å². The van der Waals surface area contributed by atoms with Crippen LogP contribution in [0.25, 0.3) is 0 Å². The van der Waals surface area contributed by atoms with Crippen molar-refractivity contribution in [3.63, 3.8) is 0 Å². The Bertz CT molecular complexity index is 817. The van der Waals surface area contributed by atoms with Crippen LogP contribution in [0.4, 0.5) is 30.2 Å². The predicted molar refractivity (Wildman–Crippen MR) is 82.9 cm³/mol. The molecule has 0 saturated heterocycles. The average molecular weight is 335 g/mol. The van der Waals surface area contributed by atoms with Crippen LogP contribution in [0.1, 0.15) is 5.56 Å². The molecule has 0 saturated carbocycles. The topological polar surface area (TPSA) is 55.4 Å². The molecule has 0 radical (unpaired) electrons. The molecule has 0 bridgehead atoms. The molecule has 0 amide bonds. The second kappa shape index (κ2) is 5.07. The van der Waals surface area contributed by atoms with Gasteiger partial charge < -0.3 is 10.4 Å². The van der Waals surface area contributed by atoms with Gasteiger partial charge >= 0.3 is 6.18 Å². The smallest absolute Gasteiger partial charge is 0.416 e. The van der Waals surface area contributed by atoms with Crippen LogP contribution in [0, 0.1) is 0 Å². The number of para-hydroxylation sites is 2.